The summed E-state index contributed by atoms with van der Waals surface area (Å²) in [6.45, 7) is 7.18. The van der Waals surface area contributed by atoms with Gasteiger partial charge in [0.25, 0.3) is 0 Å². The van der Waals surface area contributed by atoms with E-state index in [4.69, 9.17) is 14.7 Å². The molecular formula is C20H33IN8OS. The summed E-state index contributed by atoms with van der Waals surface area (Å²) in [4.78, 5) is 16.5. The number of guanidine groups is 1. The van der Waals surface area contributed by atoms with Crippen LogP contribution in [0.3, 0.4) is 0 Å². The Morgan fingerprint density at radius 2 is 2.16 bits per heavy atom. The number of hydrogen-bond donors (Lipinski definition) is 2. The van der Waals surface area contributed by atoms with Gasteiger partial charge in [0.1, 0.15) is 12.4 Å². The molecule has 0 saturated carbocycles. The average Bonchev–Trinajstić information content (AvgIpc) is 3.48. The number of fused-ring (bicyclic) bond motifs is 1. The molecule has 2 aromatic rings. The zero-order chi connectivity index (χ0) is 20.8. The molecule has 1 unspecified atom stereocenters. The molecule has 0 radical (unpaired) electrons. The maximum Gasteiger partial charge on any atom is 0.191 e. The number of halogens is 1. The van der Waals surface area contributed by atoms with Gasteiger partial charge >= 0.3 is 0 Å². The number of rotatable bonds is 8. The highest BCUT2D eigenvalue weighted by atomic mass is 127. The monoisotopic (exact) mass is 560 g/mol. The molecule has 0 amide bonds. The van der Waals surface area contributed by atoms with Crippen LogP contribution in [0.2, 0.25) is 0 Å². The van der Waals surface area contributed by atoms with Gasteiger partial charge in [-0.3, -0.25) is 4.99 Å². The number of methoxy groups -OCH3 is 1. The fraction of sp³-hybridized carbons (Fsp3) is 0.700. The van der Waals surface area contributed by atoms with Crippen molar-refractivity contribution in [2.45, 2.75) is 58.2 Å². The molecule has 0 aliphatic carbocycles. The van der Waals surface area contributed by atoms with Crippen LogP contribution >= 0.6 is 35.3 Å². The van der Waals surface area contributed by atoms with E-state index in [1.54, 1.807) is 18.4 Å². The molecule has 0 aromatic carbocycles. The van der Waals surface area contributed by atoms with Gasteiger partial charge in [-0.2, -0.15) is 5.10 Å². The average molecular weight is 561 g/mol. The van der Waals surface area contributed by atoms with Gasteiger partial charge < -0.3 is 20.3 Å². The number of hydrogen-bond acceptors (Lipinski definition) is 7. The molecule has 9 nitrogen and oxygen atoms in total. The summed E-state index contributed by atoms with van der Waals surface area (Å²) in [7, 11) is 1.67. The number of nitrogens with zero attached hydrogens (tertiary/aromatic N) is 6. The van der Waals surface area contributed by atoms with E-state index in [1.165, 1.54) is 12.8 Å². The van der Waals surface area contributed by atoms with E-state index in [9.17, 15) is 0 Å². The lowest BCUT2D eigenvalue weighted by Crippen LogP contribution is -2.47. The van der Waals surface area contributed by atoms with Crippen molar-refractivity contribution in [2.75, 3.05) is 38.2 Å². The molecule has 11 heteroatoms. The molecular weight excluding hydrogens is 527 g/mol. The molecule has 0 bridgehead atoms. The molecule has 2 aliphatic heterocycles. The quantitative estimate of drug-likeness (QED) is 0.291. The Bertz CT molecular complexity index is 848. The second kappa shape index (κ2) is 12.0. The number of anilines is 1. The van der Waals surface area contributed by atoms with Gasteiger partial charge in [-0.05, 0) is 26.2 Å². The van der Waals surface area contributed by atoms with Crippen LogP contribution in [0.1, 0.15) is 43.5 Å². The van der Waals surface area contributed by atoms with E-state index in [2.05, 4.69) is 37.9 Å². The molecule has 2 aliphatic rings. The van der Waals surface area contributed by atoms with Crippen molar-refractivity contribution in [1.29, 1.82) is 0 Å². The number of nitrogens with one attached hydrogen (secondary N) is 2. The zero-order valence-corrected chi connectivity index (χ0v) is 21.5. The van der Waals surface area contributed by atoms with Gasteiger partial charge in [-0.1, -0.05) is 0 Å². The zero-order valence-electron chi connectivity index (χ0n) is 18.3. The SMILES string of the molecule is CCNC(=NCCc1csc(N2CCCC2)n1)NC1CCc2nc(COC)nn2C1.I. The van der Waals surface area contributed by atoms with Crippen LogP contribution in [-0.2, 0) is 30.7 Å². The molecule has 4 heterocycles. The Morgan fingerprint density at radius 3 is 2.94 bits per heavy atom. The standard InChI is InChI=1S/C20H32N8OS.HI/c1-3-21-19(22-9-8-16-14-30-20(24-16)27-10-4-5-11-27)23-15-6-7-18-25-17(13-29-2)26-28(18)12-15;/h14-15H,3-13H2,1-2H3,(H2,21,22,23);1H. The van der Waals surface area contributed by atoms with Gasteiger partial charge in [0.05, 0.1) is 12.2 Å². The number of thiazole rings is 1. The number of aromatic nitrogens is 4. The minimum Gasteiger partial charge on any atom is -0.377 e. The summed E-state index contributed by atoms with van der Waals surface area (Å²) in [6, 6.07) is 0.286. The molecule has 172 valence electrons. The Hall–Kier alpha value is -1.47. The Morgan fingerprint density at radius 1 is 1.32 bits per heavy atom. The van der Waals surface area contributed by atoms with Crippen molar-refractivity contribution in [2.24, 2.45) is 4.99 Å². The Labute approximate surface area is 205 Å². The number of ether oxygens (including phenoxy) is 1. The number of aliphatic imine (C=N–C) groups is 1. The lowest BCUT2D eigenvalue weighted by molar-refractivity contribution is 0.177. The summed E-state index contributed by atoms with van der Waals surface area (Å²) >= 11 is 1.75. The summed E-state index contributed by atoms with van der Waals surface area (Å²) in [5.41, 5.74) is 1.14. The smallest absolute Gasteiger partial charge is 0.191 e. The van der Waals surface area contributed by atoms with Crippen LogP contribution < -0.4 is 15.5 Å². The summed E-state index contributed by atoms with van der Waals surface area (Å²) < 4.78 is 7.14. The summed E-state index contributed by atoms with van der Waals surface area (Å²) in [5.74, 6) is 2.66. The first kappa shape index (κ1) is 24.2. The lowest BCUT2D eigenvalue weighted by atomic mass is 10.1. The second-order valence-corrected chi connectivity index (χ2v) is 8.60. The van der Waals surface area contributed by atoms with E-state index in [-0.39, 0.29) is 30.0 Å². The van der Waals surface area contributed by atoms with E-state index < -0.39 is 0 Å². The molecule has 4 rings (SSSR count). The first-order chi connectivity index (χ1) is 14.7. The van der Waals surface area contributed by atoms with Crippen LogP contribution in [0, 0.1) is 0 Å². The lowest BCUT2D eigenvalue weighted by Gasteiger charge is -2.25. The van der Waals surface area contributed by atoms with Crippen LogP contribution in [-0.4, -0.2) is 65.0 Å². The minimum atomic E-state index is 0. The fourth-order valence-corrected chi connectivity index (χ4v) is 4.84. The maximum absolute atomic E-state index is 5.15. The van der Waals surface area contributed by atoms with Crippen molar-refractivity contribution >= 4 is 46.4 Å². The highest BCUT2D eigenvalue weighted by Crippen LogP contribution is 2.24. The van der Waals surface area contributed by atoms with Gasteiger partial charge in [-0.15, -0.1) is 35.3 Å². The normalized spacial score (nSPS) is 18.6. The largest absolute Gasteiger partial charge is 0.377 e. The number of aryl methyl sites for hydroxylation is 1. The summed E-state index contributed by atoms with van der Waals surface area (Å²) in [5, 5.41) is 14.8. The Balaban J connectivity index is 0.00000272. The molecule has 1 fully saturated rings. The second-order valence-electron chi connectivity index (χ2n) is 7.77. The van der Waals surface area contributed by atoms with Crippen molar-refractivity contribution in [3.63, 3.8) is 0 Å². The van der Waals surface area contributed by atoms with Crippen LogP contribution in [0.4, 0.5) is 5.13 Å². The minimum absolute atomic E-state index is 0. The molecule has 31 heavy (non-hydrogen) atoms. The first-order valence-electron chi connectivity index (χ1n) is 10.9. The first-order valence-corrected chi connectivity index (χ1v) is 11.8. The molecule has 1 atom stereocenters. The van der Waals surface area contributed by atoms with Crippen molar-refractivity contribution in [1.82, 2.24) is 30.4 Å². The third-order valence-electron chi connectivity index (χ3n) is 5.41. The van der Waals surface area contributed by atoms with Gasteiger partial charge in [-0.25, -0.2) is 14.6 Å². The molecule has 0 spiro atoms. The molecule has 2 N–H and O–H groups in total. The Kier molecular flexibility index (Phi) is 9.32. The topological polar surface area (TPSA) is 92.5 Å². The van der Waals surface area contributed by atoms with Gasteiger partial charge in [0, 0.05) is 57.6 Å². The molecule has 1 saturated heterocycles. The summed E-state index contributed by atoms with van der Waals surface area (Å²) in [6.07, 6.45) is 5.34. The highest BCUT2D eigenvalue weighted by Gasteiger charge is 2.22. The van der Waals surface area contributed by atoms with Gasteiger partial charge in [0.2, 0.25) is 0 Å². The van der Waals surface area contributed by atoms with E-state index in [0.29, 0.717) is 6.61 Å². The van der Waals surface area contributed by atoms with Crippen molar-refractivity contribution in [3.8, 4) is 0 Å². The maximum atomic E-state index is 5.15. The van der Waals surface area contributed by atoms with Crippen LogP contribution in [0.15, 0.2) is 10.4 Å². The van der Waals surface area contributed by atoms with Gasteiger partial charge in [0.15, 0.2) is 16.9 Å². The van der Waals surface area contributed by atoms with E-state index in [1.807, 2.05) is 4.68 Å². The predicted molar refractivity (Wildman–Crippen MR) is 135 cm³/mol. The van der Waals surface area contributed by atoms with E-state index >= 15 is 0 Å². The van der Waals surface area contributed by atoms with Crippen LogP contribution in [0.25, 0.3) is 0 Å². The third kappa shape index (κ3) is 6.51. The third-order valence-corrected chi connectivity index (χ3v) is 6.36. The fourth-order valence-electron chi connectivity index (χ4n) is 3.93. The molecule has 2 aromatic heterocycles. The highest BCUT2D eigenvalue weighted by molar-refractivity contribution is 14.0. The van der Waals surface area contributed by atoms with Crippen LogP contribution in [0.5, 0.6) is 0 Å². The van der Waals surface area contributed by atoms with Crippen molar-refractivity contribution in [3.05, 3.63) is 22.7 Å². The van der Waals surface area contributed by atoms with Crippen molar-refractivity contribution < 1.29 is 4.74 Å². The predicted octanol–water partition coefficient (Wildman–Crippen LogP) is 2.21. The van der Waals surface area contributed by atoms with E-state index in [0.717, 1.165) is 80.4 Å².